The lowest BCUT2D eigenvalue weighted by atomic mass is 10.0. The van der Waals surface area contributed by atoms with E-state index >= 15 is 0 Å². The molecule has 3 aromatic rings. The predicted molar refractivity (Wildman–Crippen MR) is 166 cm³/mol. The van der Waals surface area contributed by atoms with Gasteiger partial charge in [-0.2, -0.15) is 0 Å². The van der Waals surface area contributed by atoms with Gasteiger partial charge in [-0.15, -0.1) is 11.3 Å². The fourth-order valence-corrected chi connectivity index (χ4v) is 5.68. The molecule has 224 valence electrons. The van der Waals surface area contributed by atoms with Crippen molar-refractivity contribution >= 4 is 56.1 Å². The highest BCUT2D eigenvalue weighted by molar-refractivity contribution is 14.1. The number of fused-ring (bicyclic) bond motifs is 1. The van der Waals surface area contributed by atoms with Crippen molar-refractivity contribution in [1.82, 2.24) is 9.55 Å². The Balaban J connectivity index is 1.82. The Morgan fingerprint density at radius 2 is 1.71 bits per heavy atom. The van der Waals surface area contributed by atoms with E-state index in [9.17, 15) is 24.3 Å². The zero-order valence-electron chi connectivity index (χ0n) is 24.5. The van der Waals surface area contributed by atoms with Gasteiger partial charge in [-0.1, -0.05) is 12.1 Å². The number of nitrogens with one attached hydrogen (secondary N) is 1. The lowest BCUT2D eigenvalue weighted by molar-refractivity contribution is -0.164. The van der Waals surface area contributed by atoms with Crippen LogP contribution in [0.1, 0.15) is 81.8 Å². The molecule has 2 N–H and O–H groups in total. The largest absolute Gasteiger partial charge is 0.461 e. The minimum absolute atomic E-state index is 0.0948. The van der Waals surface area contributed by atoms with E-state index in [1.54, 1.807) is 27.7 Å². The number of H-pyrrole nitrogens is 1. The zero-order chi connectivity index (χ0) is 30.9. The van der Waals surface area contributed by atoms with Crippen molar-refractivity contribution < 1.29 is 28.9 Å². The van der Waals surface area contributed by atoms with Crippen LogP contribution in [0.4, 0.5) is 0 Å². The average molecular weight is 701 g/mol. The van der Waals surface area contributed by atoms with Crippen LogP contribution in [-0.4, -0.2) is 51.0 Å². The number of rotatable bonds is 10. The maximum atomic E-state index is 13.5. The summed E-state index contributed by atoms with van der Waals surface area (Å²) in [6.45, 7) is 13.2. The third kappa shape index (κ3) is 7.65. The van der Waals surface area contributed by atoms with Crippen LogP contribution in [0.25, 0.3) is 10.2 Å². The van der Waals surface area contributed by atoms with Crippen LogP contribution in [0, 0.1) is 10.5 Å². The second-order valence-electron chi connectivity index (χ2n) is 11.5. The Morgan fingerprint density at radius 3 is 2.27 bits per heavy atom. The molecule has 2 unspecified atom stereocenters. The minimum atomic E-state index is -1.61. The van der Waals surface area contributed by atoms with Crippen molar-refractivity contribution in [3.8, 4) is 0 Å². The van der Waals surface area contributed by atoms with Crippen LogP contribution in [-0.2, 0) is 24.5 Å². The van der Waals surface area contributed by atoms with Crippen molar-refractivity contribution in [3.05, 3.63) is 64.7 Å². The van der Waals surface area contributed by atoms with Gasteiger partial charge in [-0.25, -0.2) is 19.0 Å². The first kappa shape index (κ1) is 33.0. The molecule has 1 aromatic carbocycles. The highest BCUT2D eigenvalue weighted by Gasteiger charge is 2.38. The van der Waals surface area contributed by atoms with Gasteiger partial charge < -0.3 is 19.3 Å². The number of ether oxygens (including phenoxy) is 3. The Kier molecular flexibility index (Phi) is 10.3. The standard InChI is InChI=1S/C29H37IN2O8S/c1-15(2)39-21(17-9-11-18(30)12-10-17)19(33)13-14-38-25(35)22-16(3)20-23(41-22)31-27(37)32(24(20)34)29(7,8)26(36)40-28(4,5)6/h9-12,15,19,21,33H,13-14H2,1-8H3,(H,31,37). The molecule has 0 spiro atoms. The molecule has 0 fully saturated rings. The van der Waals surface area contributed by atoms with Gasteiger partial charge in [0.2, 0.25) is 0 Å². The topological polar surface area (TPSA) is 137 Å². The van der Waals surface area contributed by atoms with Gasteiger partial charge in [0.25, 0.3) is 5.56 Å². The summed E-state index contributed by atoms with van der Waals surface area (Å²) in [6.07, 6.45) is -1.56. The van der Waals surface area contributed by atoms with Crippen LogP contribution >= 0.6 is 33.9 Å². The molecule has 0 amide bonds. The van der Waals surface area contributed by atoms with E-state index in [4.69, 9.17) is 14.2 Å². The summed E-state index contributed by atoms with van der Waals surface area (Å²) < 4.78 is 18.7. The molecule has 12 heteroatoms. The van der Waals surface area contributed by atoms with E-state index in [2.05, 4.69) is 27.6 Å². The van der Waals surface area contributed by atoms with E-state index in [0.717, 1.165) is 25.0 Å². The molecule has 0 radical (unpaired) electrons. The molecule has 0 saturated carbocycles. The summed E-state index contributed by atoms with van der Waals surface area (Å²) in [6, 6.07) is 7.64. The van der Waals surface area contributed by atoms with Crippen molar-refractivity contribution in [2.75, 3.05) is 6.61 Å². The number of aliphatic hydroxyl groups is 1. The van der Waals surface area contributed by atoms with Gasteiger partial charge in [0.1, 0.15) is 27.0 Å². The van der Waals surface area contributed by atoms with Gasteiger partial charge in [-0.05, 0) is 101 Å². The molecule has 0 aliphatic carbocycles. The summed E-state index contributed by atoms with van der Waals surface area (Å²) in [5.74, 6) is -1.43. The van der Waals surface area contributed by atoms with Gasteiger partial charge in [0.15, 0.2) is 0 Å². The van der Waals surface area contributed by atoms with E-state index < -0.39 is 46.5 Å². The highest BCUT2D eigenvalue weighted by atomic mass is 127. The number of benzene rings is 1. The minimum Gasteiger partial charge on any atom is -0.461 e. The number of aromatic amines is 1. The summed E-state index contributed by atoms with van der Waals surface area (Å²) in [5, 5.41) is 11.0. The molecule has 2 aromatic heterocycles. The van der Waals surface area contributed by atoms with Crippen LogP contribution < -0.4 is 11.2 Å². The number of hydrogen-bond acceptors (Lipinski definition) is 9. The number of aromatic nitrogens is 2. The van der Waals surface area contributed by atoms with E-state index in [0.29, 0.717) is 5.56 Å². The van der Waals surface area contributed by atoms with Crippen molar-refractivity contribution in [1.29, 1.82) is 0 Å². The molecule has 3 rings (SSSR count). The van der Waals surface area contributed by atoms with E-state index in [1.807, 2.05) is 38.1 Å². The Hall–Kier alpha value is -2.55. The predicted octanol–water partition coefficient (Wildman–Crippen LogP) is 4.82. The first-order valence-corrected chi connectivity index (χ1v) is 15.1. The summed E-state index contributed by atoms with van der Waals surface area (Å²) in [7, 11) is 0. The summed E-state index contributed by atoms with van der Waals surface area (Å²) in [4.78, 5) is 55.3. The average Bonchev–Trinajstić information content (AvgIpc) is 3.17. The SMILES string of the molecule is Cc1c(C(=O)OCCC(O)C(OC(C)C)c2ccc(I)cc2)sc2[nH]c(=O)n(C(C)(C)C(=O)OC(C)(C)C)c(=O)c12. The Bertz CT molecular complexity index is 1530. The number of hydrogen-bond donors (Lipinski definition) is 2. The number of nitrogens with zero attached hydrogens (tertiary/aromatic N) is 1. The normalized spacial score (nSPS) is 13.8. The molecule has 2 heterocycles. The Labute approximate surface area is 256 Å². The van der Waals surface area contributed by atoms with Crippen LogP contribution in [0.2, 0.25) is 0 Å². The van der Waals surface area contributed by atoms with Crippen molar-refractivity contribution in [2.24, 2.45) is 0 Å². The third-order valence-corrected chi connectivity index (χ3v) is 8.15. The number of carbonyl (C=O) groups excluding carboxylic acids is 2. The fraction of sp³-hybridized carbons (Fsp3) is 0.517. The molecular formula is C29H37IN2O8S. The number of aliphatic hydroxyl groups excluding tert-OH is 1. The number of esters is 2. The summed E-state index contributed by atoms with van der Waals surface area (Å²) >= 11 is 3.12. The smallest absolute Gasteiger partial charge is 0.348 e. The first-order chi connectivity index (χ1) is 18.9. The number of aryl methyl sites for hydroxylation is 1. The molecule has 10 nitrogen and oxygen atoms in total. The lowest BCUT2D eigenvalue weighted by Crippen LogP contribution is -2.52. The molecule has 0 bridgehead atoms. The van der Waals surface area contributed by atoms with Crippen LogP contribution in [0.15, 0.2) is 33.9 Å². The van der Waals surface area contributed by atoms with Gasteiger partial charge in [-0.3, -0.25) is 9.78 Å². The number of thiophene rings is 1. The third-order valence-electron chi connectivity index (χ3n) is 6.24. The van der Waals surface area contributed by atoms with Gasteiger partial charge >= 0.3 is 17.6 Å². The van der Waals surface area contributed by atoms with E-state index in [1.165, 1.54) is 13.8 Å². The second-order valence-corrected chi connectivity index (χ2v) is 13.8. The van der Waals surface area contributed by atoms with Crippen molar-refractivity contribution in [2.45, 2.75) is 91.3 Å². The zero-order valence-corrected chi connectivity index (χ0v) is 27.5. The fourth-order valence-electron chi connectivity index (χ4n) is 4.24. The molecule has 2 atom stereocenters. The monoisotopic (exact) mass is 700 g/mol. The highest BCUT2D eigenvalue weighted by Crippen LogP contribution is 2.29. The number of carbonyl (C=O) groups is 2. The molecule has 0 aliphatic rings. The molecule has 41 heavy (non-hydrogen) atoms. The second kappa shape index (κ2) is 12.8. The van der Waals surface area contributed by atoms with Gasteiger partial charge in [0, 0.05) is 9.99 Å². The number of halogens is 1. The van der Waals surface area contributed by atoms with Crippen LogP contribution in [0.3, 0.4) is 0 Å². The quantitative estimate of drug-likeness (QED) is 0.227. The lowest BCUT2D eigenvalue weighted by Gasteiger charge is -2.29. The molecular weight excluding hydrogens is 663 g/mol. The maximum absolute atomic E-state index is 13.5. The molecule has 0 aliphatic heterocycles. The van der Waals surface area contributed by atoms with Crippen LogP contribution in [0.5, 0.6) is 0 Å². The Morgan fingerprint density at radius 1 is 1.10 bits per heavy atom. The first-order valence-electron chi connectivity index (χ1n) is 13.2. The van der Waals surface area contributed by atoms with Gasteiger partial charge in [0.05, 0.1) is 24.2 Å². The summed E-state index contributed by atoms with van der Waals surface area (Å²) in [5.41, 5.74) is -2.80. The molecule has 0 saturated heterocycles. The van der Waals surface area contributed by atoms with E-state index in [-0.39, 0.29) is 34.2 Å². The maximum Gasteiger partial charge on any atom is 0.348 e. The van der Waals surface area contributed by atoms with Crippen molar-refractivity contribution in [3.63, 3.8) is 0 Å².